The van der Waals surface area contributed by atoms with Crippen LogP contribution in [0.25, 0.3) is 0 Å². The monoisotopic (exact) mass is 158 g/mol. The summed E-state index contributed by atoms with van der Waals surface area (Å²) in [6.45, 7) is 3.86. The van der Waals surface area contributed by atoms with Gasteiger partial charge in [0.15, 0.2) is 0 Å². The highest BCUT2D eigenvalue weighted by Gasteiger charge is 2.04. The average Bonchev–Trinajstić information content (AvgIpc) is 2.03. The molecule has 1 unspecified atom stereocenters. The second kappa shape index (κ2) is 6.23. The molecule has 66 valence electrons. The topological polar surface area (TPSA) is 40.5 Å². The van der Waals surface area contributed by atoms with Gasteiger partial charge in [0.05, 0.1) is 12.4 Å². The Balaban J connectivity index is 3.44. The molecule has 0 aromatic carbocycles. The van der Waals surface area contributed by atoms with Gasteiger partial charge in [0.1, 0.15) is 0 Å². The Kier molecular flexibility index (Phi) is 5.94. The molecule has 0 aromatic rings. The quantitative estimate of drug-likeness (QED) is 0.476. The predicted octanol–water partition coefficient (Wildman–Crippen LogP) is 2.39. The second-order valence-corrected chi connectivity index (χ2v) is 2.88. The van der Waals surface area contributed by atoms with E-state index < -0.39 is 6.10 Å². The van der Waals surface area contributed by atoms with Gasteiger partial charge >= 0.3 is 0 Å². The van der Waals surface area contributed by atoms with Crippen molar-refractivity contribution in [3.8, 4) is 0 Å². The van der Waals surface area contributed by atoms with Crippen LogP contribution >= 0.6 is 0 Å². The summed E-state index contributed by atoms with van der Waals surface area (Å²) in [4.78, 5) is 0. The minimum absolute atomic E-state index is 0.452. The van der Waals surface area contributed by atoms with E-state index in [1.54, 1.807) is 6.92 Å². The van der Waals surface area contributed by atoms with Crippen LogP contribution in [0.2, 0.25) is 0 Å². The van der Waals surface area contributed by atoms with Crippen molar-refractivity contribution in [2.75, 3.05) is 0 Å². The molecule has 0 rings (SSSR count). The highest BCUT2D eigenvalue weighted by Crippen LogP contribution is 2.09. The highest BCUT2D eigenvalue weighted by atomic mass is 16.3. The van der Waals surface area contributed by atoms with E-state index in [9.17, 15) is 5.11 Å². The van der Waals surface area contributed by atoms with E-state index in [1.165, 1.54) is 0 Å². The molecule has 2 heteroatoms. The molecular formula is C9H18O2. The van der Waals surface area contributed by atoms with Crippen LogP contribution in [0.5, 0.6) is 0 Å². The summed E-state index contributed by atoms with van der Waals surface area (Å²) in [5, 5.41) is 17.9. The minimum atomic E-state index is -0.452. The molecule has 0 saturated heterocycles. The van der Waals surface area contributed by atoms with Crippen molar-refractivity contribution in [3.63, 3.8) is 0 Å². The number of hydrogen-bond acceptors (Lipinski definition) is 2. The van der Waals surface area contributed by atoms with Gasteiger partial charge in [-0.3, -0.25) is 0 Å². The third-order valence-electron chi connectivity index (χ3n) is 1.81. The fourth-order valence-electron chi connectivity index (χ4n) is 0.901. The zero-order chi connectivity index (χ0) is 8.69. The Morgan fingerprint density at radius 3 is 2.55 bits per heavy atom. The molecular weight excluding hydrogens is 140 g/mol. The van der Waals surface area contributed by atoms with Crippen LogP contribution in [-0.2, 0) is 0 Å². The fraction of sp³-hybridized carbons (Fsp3) is 0.778. The average molecular weight is 158 g/mol. The Morgan fingerprint density at radius 1 is 1.45 bits per heavy atom. The molecule has 2 N–H and O–H groups in total. The Bertz CT molecular complexity index is 119. The van der Waals surface area contributed by atoms with Gasteiger partial charge in [0.2, 0.25) is 0 Å². The number of aliphatic hydroxyl groups is 2. The predicted molar refractivity (Wildman–Crippen MR) is 46.5 cm³/mol. The van der Waals surface area contributed by atoms with Gasteiger partial charge in [0.25, 0.3) is 0 Å². The van der Waals surface area contributed by atoms with Crippen LogP contribution in [0.3, 0.4) is 0 Å². The molecule has 0 aliphatic heterocycles. The lowest BCUT2D eigenvalue weighted by Gasteiger charge is -2.08. The largest absolute Gasteiger partial charge is 0.516 e. The van der Waals surface area contributed by atoms with E-state index in [-0.39, 0.29) is 0 Å². The van der Waals surface area contributed by atoms with Crippen LogP contribution in [0.1, 0.15) is 39.5 Å². The molecule has 0 saturated carbocycles. The van der Waals surface area contributed by atoms with Gasteiger partial charge < -0.3 is 10.2 Å². The maximum absolute atomic E-state index is 9.32. The van der Waals surface area contributed by atoms with Crippen molar-refractivity contribution in [1.82, 2.24) is 0 Å². The Hall–Kier alpha value is -0.500. The zero-order valence-corrected chi connectivity index (χ0v) is 7.38. The summed E-state index contributed by atoms with van der Waals surface area (Å²) in [6.07, 6.45) is 4.63. The lowest BCUT2D eigenvalue weighted by molar-refractivity contribution is 0.192. The zero-order valence-electron chi connectivity index (χ0n) is 7.38. The Morgan fingerprint density at radius 2 is 2.09 bits per heavy atom. The smallest absolute Gasteiger partial charge is 0.0806 e. The summed E-state index contributed by atoms with van der Waals surface area (Å²) < 4.78 is 0. The summed E-state index contributed by atoms with van der Waals surface area (Å²) >= 11 is 0. The summed E-state index contributed by atoms with van der Waals surface area (Å²) in [5.74, 6) is 0. The van der Waals surface area contributed by atoms with E-state index in [0.29, 0.717) is 5.57 Å². The van der Waals surface area contributed by atoms with Gasteiger partial charge in [-0.1, -0.05) is 26.2 Å². The molecule has 0 bridgehead atoms. The number of unbranched alkanes of at least 4 members (excludes halogenated alkanes) is 2. The Labute approximate surface area is 68.6 Å². The van der Waals surface area contributed by atoms with Crippen molar-refractivity contribution in [2.24, 2.45) is 0 Å². The molecule has 0 fully saturated rings. The van der Waals surface area contributed by atoms with Crippen LogP contribution in [0.15, 0.2) is 11.8 Å². The standard InChI is InChI=1S/C9H18O2/c1-3-4-5-6-9(11)8(2)7-10/h7,9-11H,3-6H2,1-2H3. The van der Waals surface area contributed by atoms with Crippen LogP contribution in [0.4, 0.5) is 0 Å². The fourth-order valence-corrected chi connectivity index (χ4v) is 0.901. The van der Waals surface area contributed by atoms with E-state index in [2.05, 4.69) is 6.92 Å². The second-order valence-electron chi connectivity index (χ2n) is 2.88. The van der Waals surface area contributed by atoms with Gasteiger partial charge in [0, 0.05) is 0 Å². The first-order valence-electron chi connectivity index (χ1n) is 4.21. The number of hydrogen-bond donors (Lipinski definition) is 2. The van der Waals surface area contributed by atoms with Crippen molar-refractivity contribution >= 4 is 0 Å². The maximum Gasteiger partial charge on any atom is 0.0806 e. The minimum Gasteiger partial charge on any atom is -0.516 e. The van der Waals surface area contributed by atoms with Crippen LogP contribution in [0, 0.1) is 0 Å². The normalized spacial score (nSPS) is 15.0. The first-order valence-corrected chi connectivity index (χ1v) is 4.21. The molecule has 11 heavy (non-hydrogen) atoms. The first kappa shape index (κ1) is 10.5. The summed E-state index contributed by atoms with van der Waals surface area (Å²) in [5.41, 5.74) is 0.654. The molecule has 1 atom stereocenters. The molecule has 2 nitrogen and oxygen atoms in total. The van der Waals surface area contributed by atoms with E-state index in [4.69, 9.17) is 5.11 Å². The molecule has 0 radical (unpaired) electrons. The van der Waals surface area contributed by atoms with Crippen LogP contribution < -0.4 is 0 Å². The SMILES string of the molecule is CCCCCC(O)C(C)=CO. The van der Waals surface area contributed by atoms with E-state index >= 15 is 0 Å². The van der Waals surface area contributed by atoms with Gasteiger partial charge in [-0.15, -0.1) is 0 Å². The van der Waals surface area contributed by atoms with Gasteiger partial charge in [-0.2, -0.15) is 0 Å². The van der Waals surface area contributed by atoms with Crippen molar-refractivity contribution < 1.29 is 10.2 Å². The third kappa shape index (κ3) is 4.85. The van der Waals surface area contributed by atoms with Crippen molar-refractivity contribution in [2.45, 2.75) is 45.6 Å². The molecule has 0 aliphatic rings. The van der Waals surface area contributed by atoms with Gasteiger partial charge in [-0.25, -0.2) is 0 Å². The third-order valence-corrected chi connectivity index (χ3v) is 1.81. The number of aliphatic hydroxyl groups excluding tert-OH is 2. The molecule has 0 aliphatic carbocycles. The van der Waals surface area contributed by atoms with Crippen molar-refractivity contribution in [1.29, 1.82) is 0 Å². The highest BCUT2D eigenvalue weighted by molar-refractivity contribution is 4.99. The molecule has 0 spiro atoms. The van der Waals surface area contributed by atoms with Gasteiger partial charge in [-0.05, 0) is 18.9 Å². The lowest BCUT2D eigenvalue weighted by atomic mass is 10.1. The molecule has 0 heterocycles. The lowest BCUT2D eigenvalue weighted by Crippen LogP contribution is -2.07. The van der Waals surface area contributed by atoms with E-state index in [0.717, 1.165) is 31.9 Å². The number of rotatable bonds is 5. The first-order chi connectivity index (χ1) is 5.22. The summed E-state index contributed by atoms with van der Waals surface area (Å²) in [6, 6.07) is 0. The van der Waals surface area contributed by atoms with E-state index in [1.807, 2.05) is 0 Å². The molecule has 0 amide bonds. The van der Waals surface area contributed by atoms with Crippen LogP contribution in [-0.4, -0.2) is 16.3 Å². The van der Waals surface area contributed by atoms with Crippen molar-refractivity contribution in [3.05, 3.63) is 11.8 Å². The summed E-state index contributed by atoms with van der Waals surface area (Å²) in [7, 11) is 0. The molecule has 0 aromatic heterocycles. The maximum atomic E-state index is 9.32.